The third kappa shape index (κ3) is 5.26. The Bertz CT molecular complexity index is 1340. The van der Waals surface area contributed by atoms with Crippen LogP contribution >= 0.6 is 11.3 Å². The molecule has 0 spiro atoms. The lowest BCUT2D eigenvalue weighted by Crippen LogP contribution is -2.16. The summed E-state index contributed by atoms with van der Waals surface area (Å²) in [6.07, 6.45) is 1.94. The van der Waals surface area contributed by atoms with Crippen LogP contribution in [0.1, 0.15) is 53.7 Å². The highest BCUT2D eigenvalue weighted by atomic mass is 32.1. The molecule has 8 nitrogen and oxygen atoms in total. The summed E-state index contributed by atoms with van der Waals surface area (Å²) in [5, 5.41) is 8.23. The van der Waals surface area contributed by atoms with Gasteiger partial charge in [-0.05, 0) is 55.3 Å². The molecule has 9 heteroatoms. The number of methoxy groups -OCH3 is 1. The largest absolute Gasteiger partial charge is 0.497 e. The van der Waals surface area contributed by atoms with Crippen LogP contribution in [0.2, 0.25) is 0 Å². The molecule has 176 valence electrons. The summed E-state index contributed by atoms with van der Waals surface area (Å²) in [4.78, 5) is 30.1. The molecule has 0 unspecified atom stereocenters. The van der Waals surface area contributed by atoms with E-state index in [1.807, 2.05) is 0 Å². The number of rotatable bonds is 9. The Balaban J connectivity index is 1.41. The second-order valence-electron chi connectivity index (χ2n) is 7.73. The quantitative estimate of drug-likeness (QED) is 0.368. The first-order valence-corrected chi connectivity index (χ1v) is 11.9. The molecule has 2 aromatic carbocycles. The fraction of sp³-hybridized carbons (Fsp3) is 0.280. The number of benzene rings is 2. The highest BCUT2D eigenvalue weighted by Crippen LogP contribution is 2.26. The molecule has 4 aromatic rings. The maximum absolute atomic E-state index is 12.5. The van der Waals surface area contributed by atoms with Gasteiger partial charge in [0.15, 0.2) is 0 Å². The minimum atomic E-state index is -0.233. The Kier molecular flexibility index (Phi) is 7.22. The van der Waals surface area contributed by atoms with Crippen LogP contribution in [0.15, 0.2) is 59.4 Å². The number of fused-ring (bicyclic) bond motifs is 1. The molecule has 0 bridgehead atoms. The highest BCUT2D eigenvalue weighted by molar-refractivity contribution is 7.16. The van der Waals surface area contributed by atoms with Gasteiger partial charge >= 0.3 is 0 Å². The van der Waals surface area contributed by atoms with Crippen LogP contribution in [0.4, 0.5) is 5.69 Å². The molecule has 2 aromatic heterocycles. The lowest BCUT2D eigenvalue weighted by molar-refractivity contribution is 0.102. The molecule has 0 radical (unpaired) electrons. The van der Waals surface area contributed by atoms with Gasteiger partial charge in [-0.3, -0.25) is 9.59 Å². The Labute approximate surface area is 201 Å². The molecular formula is C25H26N4O4S. The van der Waals surface area contributed by atoms with Gasteiger partial charge in [-0.2, -0.15) is 9.61 Å². The summed E-state index contributed by atoms with van der Waals surface area (Å²) in [7, 11) is 1.56. The topological polar surface area (TPSA) is 94.8 Å². The van der Waals surface area contributed by atoms with E-state index in [0.29, 0.717) is 39.3 Å². The lowest BCUT2D eigenvalue weighted by Gasteiger charge is -2.09. The van der Waals surface area contributed by atoms with Crippen molar-refractivity contribution in [2.75, 3.05) is 12.4 Å². The van der Waals surface area contributed by atoms with Gasteiger partial charge in [0.1, 0.15) is 23.1 Å². The zero-order valence-electron chi connectivity index (χ0n) is 19.3. The van der Waals surface area contributed by atoms with Gasteiger partial charge in [-0.25, -0.2) is 4.98 Å². The summed E-state index contributed by atoms with van der Waals surface area (Å²) in [5.74, 6) is 1.31. The Morgan fingerprint density at radius 1 is 1.09 bits per heavy atom. The normalized spacial score (nSPS) is 11.1. The number of carbonyl (C=O) groups excluding carboxylic acids is 1. The van der Waals surface area contributed by atoms with E-state index in [0.717, 1.165) is 17.8 Å². The van der Waals surface area contributed by atoms with E-state index in [1.54, 1.807) is 55.6 Å². The number of aromatic nitrogens is 3. The van der Waals surface area contributed by atoms with Gasteiger partial charge in [-0.15, -0.1) is 0 Å². The molecule has 0 atom stereocenters. The standard InChI is InChI=1S/C25H26N4O4S/c1-4-16(5-2)24-28-29-22(30)14-19(27-25(29)34-24)15-33-20-11-9-18(10-12-20)26-23(31)17-7-6-8-21(13-17)32-3/h6-14,16H,4-5,15H2,1-3H3,(H,26,31). The van der Waals surface area contributed by atoms with Crippen molar-refractivity contribution >= 4 is 27.9 Å². The van der Waals surface area contributed by atoms with Gasteiger partial charge in [0.2, 0.25) is 4.96 Å². The Hall–Kier alpha value is -3.72. The van der Waals surface area contributed by atoms with Gasteiger partial charge in [-0.1, -0.05) is 31.3 Å². The van der Waals surface area contributed by atoms with Gasteiger partial charge in [0.05, 0.1) is 12.8 Å². The van der Waals surface area contributed by atoms with E-state index in [1.165, 1.54) is 21.9 Å². The minimum absolute atomic E-state index is 0.152. The van der Waals surface area contributed by atoms with Crippen LogP contribution in [0.5, 0.6) is 11.5 Å². The molecule has 0 aliphatic heterocycles. The molecule has 1 N–H and O–H groups in total. The number of nitrogens with one attached hydrogen (secondary N) is 1. The average Bonchev–Trinajstić information content (AvgIpc) is 3.29. The lowest BCUT2D eigenvalue weighted by atomic mass is 10.1. The number of ether oxygens (including phenoxy) is 2. The highest BCUT2D eigenvalue weighted by Gasteiger charge is 2.15. The van der Waals surface area contributed by atoms with Crippen LogP contribution in [0, 0.1) is 0 Å². The van der Waals surface area contributed by atoms with Crippen molar-refractivity contribution in [1.29, 1.82) is 0 Å². The van der Waals surface area contributed by atoms with Gasteiger partial charge in [0, 0.05) is 23.2 Å². The maximum atomic E-state index is 12.5. The first-order valence-electron chi connectivity index (χ1n) is 11.1. The maximum Gasteiger partial charge on any atom is 0.275 e. The van der Waals surface area contributed by atoms with Crippen molar-refractivity contribution in [3.8, 4) is 11.5 Å². The van der Waals surface area contributed by atoms with Crippen molar-refractivity contribution < 1.29 is 14.3 Å². The van der Waals surface area contributed by atoms with Crippen LogP contribution in [0.25, 0.3) is 4.96 Å². The molecule has 0 saturated carbocycles. The van der Waals surface area contributed by atoms with Crippen LogP contribution < -0.4 is 20.3 Å². The van der Waals surface area contributed by atoms with E-state index in [9.17, 15) is 9.59 Å². The molecule has 0 aliphatic carbocycles. The molecule has 0 aliphatic rings. The van der Waals surface area contributed by atoms with Crippen molar-refractivity contribution in [3.05, 3.63) is 81.2 Å². The molecular weight excluding hydrogens is 452 g/mol. The Morgan fingerprint density at radius 2 is 1.85 bits per heavy atom. The third-order valence-electron chi connectivity index (χ3n) is 5.48. The monoisotopic (exact) mass is 478 g/mol. The second-order valence-corrected chi connectivity index (χ2v) is 8.72. The molecule has 0 saturated heterocycles. The molecule has 2 heterocycles. The van der Waals surface area contributed by atoms with Crippen molar-refractivity contribution in [2.24, 2.45) is 0 Å². The van der Waals surface area contributed by atoms with E-state index in [2.05, 4.69) is 29.2 Å². The fourth-order valence-electron chi connectivity index (χ4n) is 3.51. The average molecular weight is 479 g/mol. The third-order valence-corrected chi connectivity index (χ3v) is 6.55. The molecule has 1 amide bonds. The smallest absolute Gasteiger partial charge is 0.275 e. The molecule has 34 heavy (non-hydrogen) atoms. The molecule has 4 rings (SSSR count). The number of nitrogens with zero attached hydrogens (tertiary/aromatic N) is 3. The minimum Gasteiger partial charge on any atom is -0.497 e. The number of amides is 1. The van der Waals surface area contributed by atoms with Gasteiger partial charge < -0.3 is 14.8 Å². The van der Waals surface area contributed by atoms with Crippen LogP contribution in [-0.4, -0.2) is 27.6 Å². The number of carbonyl (C=O) groups is 1. The van der Waals surface area contributed by atoms with E-state index < -0.39 is 0 Å². The van der Waals surface area contributed by atoms with Crippen molar-refractivity contribution in [3.63, 3.8) is 0 Å². The van der Waals surface area contributed by atoms with Crippen LogP contribution in [0.3, 0.4) is 0 Å². The summed E-state index contributed by atoms with van der Waals surface area (Å²) in [6.45, 7) is 4.38. The zero-order chi connectivity index (χ0) is 24.1. The number of anilines is 1. The fourth-order valence-corrected chi connectivity index (χ4v) is 4.70. The number of hydrogen-bond acceptors (Lipinski definition) is 7. The van der Waals surface area contributed by atoms with Crippen molar-refractivity contribution in [2.45, 2.75) is 39.2 Å². The summed E-state index contributed by atoms with van der Waals surface area (Å²) in [5.41, 5.74) is 1.47. The van der Waals surface area contributed by atoms with E-state index in [4.69, 9.17) is 9.47 Å². The predicted octanol–water partition coefficient (Wildman–Crippen LogP) is 4.89. The van der Waals surface area contributed by atoms with E-state index >= 15 is 0 Å². The number of hydrogen-bond donors (Lipinski definition) is 1. The van der Waals surface area contributed by atoms with Crippen molar-refractivity contribution in [1.82, 2.24) is 14.6 Å². The van der Waals surface area contributed by atoms with E-state index in [-0.39, 0.29) is 18.1 Å². The van der Waals surface area contributed by atoms with Gasteiger partial charge in [0.25, 0.3) is 11.5 Å². The van der Waals surface area contributed by atoms with Crippen LogP contribution in [-0.2, 0) is 6.61 Å². The summed E-state index contributed by atoms with van der Waals surface area (Å²) >= 11 is 1.45. The predicted molar refractivity (Wildman–Crippen MR) is 132 cm³/mol. The summed E-state index contributed by atoms with van der Waals surface area (Å²) in [6, 6.07) is 15.4. The first-order chi connectivity index (χ1) is 16.5. The Morgan fingerprint density at radius 3 is 2.56 bits per heavy atom. The summed E-state index contributed by atoms with van der Waals surface area (Å²) < 4.78 is 12.3. The zero-order valence-corrected chi connectivity index (χ0v) is 20.1. The SMILES string of the molecule is CCC(CC)c1nn2c(=O)cc(COc3ccc(NC(=O)c4cccc(OC)c4)cc3)nc2s1. The first kappa shape index (κ1) is 23.4. The second kappa shape index (κ2) is 10.5. The molecule has 0 fully saturated rings.